The first-order valence-corrected chi connectivity index (χ1v) is 12.9. The van der Waals surface area contributed by atoms with Crippen molar-refractivity contribution in [2.75, 3.05) is 38.2 Å². The number of carbonyl (C=O) groups is 3. The average molecular weight is 514 g/mol. The van der Waals surface area contributed by atoms with Gasteiger partial charge in [-0.1, -0.05) is 48.5 Å². The van der Waals surface area contributed by atoms with Crippen molar-refractivity contribution in [3.05, 3.63) is 100 Å². The van der Waals surface area contributed by atoms with Gasteiger partial charge in [0.25, 0.3) is 17.1 Å². The van der Waals surface area contributed by atoms with Crippen LogP contribution in [0.15, 0.2) is 83.8 Å². The average Bonchev–Trinajstić information content (AvgIpc) is 3.20. The Hall–Kier alpha value is -4.04. The van der Waals surface area contributed by atoms with Crippen molar-refractivity contribution in [3.63, 3.8) is 0 Å². The first-order valence-electron chi connectivity index (χ1n) is 12.1. The minimum absolute atomic E-state index is 0.0438. The number of rotatable bonds is 6. The van der Waals surface area contributed by atoms with Gasteiger partial charge in [0.2, 0.25) is 0 Å². The highest BCUT2D eigenvalue weighted by molar-refractivity contribution is 8.18. The number of nitrogens with zero attached hydrogens (tertiary/aromatic N) is 3. The van der Waals surface area contributed by atoms with Crippen molar-refractivity contribution in [2.45, 2.75) is 6.54 Å². The molecular weight excluding hydrogens is 486 g/mol. The zero-order chi connectivity index (χ0) is 25.8. The molecule has 5 rings (SSSR count). The number of carbonyl (C=O) groups excluding carboxylic acids is 3. The molecule has 3 amide bonds. The van der Waals surface area contributed by atoms with Crippen LogP contribution in [0.25, 0.3) is 6.08 Å². The number of ether oxygens (including phenoxy) is 1. The summed E-state index contributed by atoms with van der Waals surface area (Å²) in [7, 11) is 1.65. The number of thioether (sulfide) groups is 1. The second kappa shape index (κ2) is 10.9. The minimum Gasteiger partial charge on any atom is -0.497 e. The number of benzene rings is 3. The van der Waals surface area contributed by atoms with E-state index in [1.54, 1.807) is 31.4 Å². The van der Waals surface area contributed by atoms with Gasteiger partial charge in [-0.2, -0.15) is 0 Å². The summed E-state index contributed by atoms with van der Waals surface area (Å²) in [6.07, 6.45) is 1.69. The van der Waals surface area contributed by atoms with Crippen LogP contribution in [0.3, 0.4) is 0 Å². The molecule has 2 aliphatic heterocycles. The summed E-state index contributed by atoms with van der Waals surface area (Å²) >= 11 is 0.928. The molecule has 188 valence electrons. The van der Waals surface area contributed by atoms with Gasteiger partial charge in [0.1, 0.15) is 5.75 Å². The Morgan fingerprint density at radius 3 is 2.43 bits per heavy atom. The zero-order valence-electron chi connectivity index (χ0n) is 20.5. The molecule has 0 atom stereocenters. The lowest BCUT2D eigenvalue weighted by Crippen LogP contribution is -2.48. The molecule has 0 N–H and O–H groups in total. The Bertz CT molecular complexity index is 1350. The van der Waals surface area contributed by atoms with E-state index in [0.717, 1.165) is 41.9 Å². The number of hydrogen-bond donors (Lipinski definition) is 0. The van der Waals surface area contributed by atoms with E-state index in [-0.39, 0.29) is 23.6 Å². The fraction of sp³-hybridized carbons (Fsp3) is 0.207. The van der Waals surface area contributed by atoms with Gasteiger partial charge < -0.3 is 14.5 Å². The topological polar surface area (TPSA) is 70.2 Å². The molecule has 2 heterocycles. The lowest BCUT2D eigenvalue weighted by Gasteiger charge is -2.36. The standard InChI is InChI=1S/C29H27N3O4S/c1-36-25-12-6-11-24(19-25)30-13-15-31(16-14-30)27(33)23-10-5-9-22(17-23)18-26-28(34)32(29(35)37-26)20-21-7-3-2-4-8-21/h2-12,17-19H,13-16,20H2,1H3. The molecule has 8 heteroatoms. The van der Waals surface area contributed by atoms with Crippen molar-refractivity contribution in [1.82, 2.24) is 9.80 Å². The van der Waals surface area contributed by atoms with Gasteiger partial charge in [0.15, 0.2) is 0 Å². The van der Waals surface area contributed by atoms with Crippen LogP contribution in [0.5, 0.6) is 5.75 Å². The SMILES string of the molecule is COc1cccc(N2CCN(C(=O)c3cccc(C=C4SC(=O)N(Cc5ccccc5)C4=O)c3)CC2)c1. The maximum absolute atomic E-state index is 13.2. The molecule has 7 nitrogen and oxygen atoms in total. The summed E-state index contributed by atoms with van der Waals surface area (Å²) < 4.78 is 5.33. The summed E-state index contributed by atoms with van der Waals surface area (Å²) in [4.78, 5) is 44.3. The molecule has 0 unspecified atom stereocenters. The fourth-order valence-electron chi connectivity index (χ4n) is 4.47. The Balaban J connectivity index is 1.24. The van der Waals surface area contributed by atoms with Crippen molar-refractivity contribution in [2.24, 2.45) is 0 Å². The number of anilines is 1. The third kappa shape index (κ3) is 5.54. The third-order valence-corrected chi connectivity index (χ3v) is 7.38. The molecule has 0 aliphatic carbocycles. The van der Waals surface area contributed by atoms with Crippen molar-refractivity contribution < 1.29 is 19.1 Å². The predicted molar refractivity (Wildman–Crippen MR) is 146 cm³/mol. The van der Waals surface area contributed by atoms with Gasteiger partial charge in [-0.3, -0.25) is 19.3 Å². The summed E-state index contributed by atoms with van der Waals surface area (Å²) in [5.41, 5.74) is 3.25. The smallest absolute Gasteiger partial charge is 0.293 e. The van der Waals surface area contributed by atoms with E-state index in [2.05, 4.69) is 4.90 Å². The minimum atomic E-state index is -0.316. The number of hydrogen-bond acceptors (Lipinski definition) is 6. The van der Waals surface area contributed by atoms with Crippen LogP contribution in [0.1, 0.15) is 21.5 Å². The van der Waals surface area contributed by atoms with Crippen LogP contribution in [-0.4, -0.2) is 60.1 Å². The van der Waals surface area contributed by atoms with Crippen molar-refractivity contribution >= 4 is 40.6 Å². The first kappa shape index (κ1) is 24.6. The number of piperazine rings is 1. The van der Waals surface area contributed by atoms with E-state index in [4.69, 9.17) is 4.74 Å². The maximum Gasteiger partial charge on any atom is 0.293 e. The van der Waals surface area contributed by atoms with E-state index in [1.807, 2.05) is 65.6 Å². The maximum atomic E-state index is 13.2. The van der Waals surface area contributed by atoms with Gasteiger partial charge >= 0.3 is 0 Å². The number of amides is 3. The molecule has 2 saturated heterocycles. The Labute approximate surface area is 220 Å². The van der Waals surface area contributed by atoms with Crippen molar-refractivity contribution in [1.29, 1.82) is 0 Å². The lowest BCUT2D eigenvalue weighted by atomic mass is 10.1. The van der Waals surface area contributed by atoms with Crippen LogP contribution >= 0.6 is 11.8 Å². The van der Waals surface area contributed by atoms with Crippen LogP contribution in [0.4, 0.5) is 10.5 Å². The second-order valence-electron chi connectivity index (χ2n) is 8.86. The van der Waals surface area contributed by atoms with Crippen LogP contribution in [-0.2, 0) is 11.3 Å². The normalized spacial score (nSPS) is 17.0. The molecule has 0 aromatic heterocycles. The molecule has 3 aromatic rings. The molecule has 2 aliphatic rings. The Kier molecular flexibility index (Phi) is 7.28. The second-order valence-corrected chi connectivity index (χ2v) is 9.85. The largest absolute Gasteiger partial charge is 0.497 e. The molecular formula is C29H27N3O4S. The number of methoxy groups -OCH3 is 1. The molecule has 0 bridgehead atoms. The Morgan fingerprint density at radius 2 is 1.68 bits per heavy atom. The van der Waals surface area contributed by atoms with Crippen LogP contribution < -0.4 is 9.64 Å². The quantitative estimate of drug-likeness (QED) is 0.437. The number of imide groups is 1. The van der Waals surface area contributed by atoms with Gasteiger partial charge in [-0.15, -0.1) is 0 Å². The monoisotopic (exact) mass is 513 g/mol. The lowest BCUT2D eigenvalue weighted by molar-refractivity contribution is -0.123. The highest BCUT2D eigenvalue weighted by atomic mass is 32.2. The highest BCUT2D eigenvalue weighted by Gasteiger charge is 2.35. The predicted octanol–water partition coefficient (Wildman–Crippen LogP) is 4.89. The van der Waals surface area contributed by atoms with Crippen LogP contribution in [0.2, 0.25) is 0 Å². The molecule has 0 spiro atoms. The van der Waals surface area contributed by atoms with Gasteiger partial charge in [-0.05, 0) is 53.2 Å². The van der Waals surface area contributed by atoms with E-state index in [0.29, 0.717) is 29.1 Å². The van der Waals surface area contributed by atoms with Gasteiger partial charge in [-0.25, -0.2) is 0 Å². The van der Waals surface area contributed by atoms with Gasteiger partial charge in [0.05, 0.1) is 18.6 Å². The molecule has 0 saturated carbocycles. The summed E-state index contributed by atoms with van der Waals surface area (Å²) in [6, 6.07) is 24.6. The third-order valence-electron chi connectivity index (χ3n) is 6.47. The summed E-state index contributed by atoms with van der Waals surface area (Å²) in [6.45, 7) is 2.92. The molecule has 37 heavy (non-hydrogen) atoms. The van der Waals surface area contributed by atoms with E-state index >= 15 is 0 Å². The zero-order valence-corrected chi connectivity index (χ0v) is 21.3. The summed E-state index contributed by atoms with van der Waals surface area (Å²) in [5.74, 6) is 0.452. The van der Waals surface area contributed by atoms with E-state index in [9.17, 15) is 14.4 Å². The van der Waals surface area contributed by atoms with E-state index < -0.39 is 0 Å². The van der Waals surface area contributed by atoms with Crippen LogP contribution in [0, 0.1) is 0 Å². The first-order chi connectivity index (χ1) is 18.0. The molecule has 3 aromatic carbocycles. The Morgan fingerprint density at radius 1 is 0.919 bits per heavy atom. The highest BCUT2D eigenvalue weighted by Crippen LogP contribution is 2.33. The molecule has 2 fully saturated rings. The van der Waals surface area contributed by atoms with Gasteiger partial charge in [0, 0.05) is 43.5 Å². The molecule has 0 radical (unpaired) electrons. The summed E-state index contributed by atoms with van der Waals surface area (Å²) in [5, 5.41) is -0.291. The fourth-order valence-corrected chi connectivity index (χ4v) is 5.31. The van der Waals surface area contributed by atoms with Crippen molar-refractivity contribution in [3.8, 4) is 5.75 Å². The van der Waals surface area contributed by atoms with E-state index in [1.165, 1.54) is 4.90 Å².